The minimum Gasteiger partial charge on any atom is -0.467 e. The predicted octanol–water partition coefficient (Wildman–Crippen LogP) is 1.08. The van der Waals surface area contributed by atoms with E-state index >= 15 is 0 Å². The summed E-state index contributed by atoms with van der Waals surface area (Å²) in [5.74, 6) is -0.572. The zero-order valence-electron chi connectivity index (χ0n) is 10.6. The Kier molecular flexibility index (Phi) is 3.65. The number of methoxy groups -OCH3 is 1. The normalized spacial score (nSPS) is 15.9. The molecule has 1 aliphatic carbocycles. The molecule has 4 nitrogen and oxygen atoms in total. The molecule has 0 fully saturated rings. The molecule has 1 aromatic carbocycles. The highest BCUT2D eigenvalue weighted by Gasteiger charge is 2.28. The van der Waals surface area contributed by atoms with Gasteiger partial charge in [0.1, 0.15) is 6.04 Å². The van der Waals surface area contributed by atoms with Crippen LogP contribution in [0.5, 0.6) is 0 Å². The summed E-state index contributed by atoms with van der Waals surface area (Å²) >= 11 is 0. The van der Waals surface area contributed by atoms with Crippen molar-refractivity contribution in [2.24, 2.45) is 5.92 Å². The highest BCUT2D eigenvalue weighted by atomic mass is 16.5. The van der Waals surface area contributed by atoms with E-state index in [9.17, 15) is 9.59 Å². The predicted molar refractivity (Wildman–Crippen MR) is 67.0 cm³/mol. The summed E-state index contributed by atoms with van der Waals surface area (Å²) in [6.07, 6.45) is 1.49. The van der Waals surface area contributed by atoms with Gasteiger partial charge in [-0.25, -0.2) is 4.79 Å². The zero-order chi connectivity index (χ0) is 13.1. The van der Waals surface area contributed by atoms with Crippen molar-refractivity contribution in [2.45, 2.75) is 25.8 Å². The molecule has 1 atom stereocenters. The minimum absolute atomic E-state index is 0.0745. The molecule has 1 aliphatic rings. The van der Waals surface area contributed by atoms with Gasteiger partial charge >= 0.3 is 5.97 Å². The van der Waals surface area contributed by atoms with Crippen LogP contribution in [0.1, 0.15) is 18.1 Å². The number of carbonyl (C=O) groups excluding carboxylic acids is 2. The molecular weight excluding hydrogens is 230 g/mol. The van der Waals surface area contributed by atoms with Crippen molar-refractivity contribution < 1.29 is 14.3 Å². The van der Waals surface area contributed by atoms with Crippen LogP contribution in [0.15, 0.2) is 24.3 Å². The van der Waals surface area contributed by atoms with Crippen LogP contribution in [-0.2, 0) is 27.2 Å². The molecule has 1 aromatic rings. The van der Waals surface area contributed by atoms with Crippen LogP contribution in [0.2, 0.25) is 0 Å². The molecule has 18 heavy (non-hydrogen) atoms. The van der Waals surface area contributed by atoms with Crippen molar-refractivity contribution in [3.8, 4) is 0 Å². The Morgan fingerprint density at radius 2 is 1.83 bits per heavy atom. The number of fused-ring (bicyclic) bond motifs is 1. The third kappa shape index (κ3) is 2.53. The summed E-state index contributed by atoms with van der Waals surface area (Å²) in [6.45, 7) is 1.63. The Labute approximate surface area is 106 Å². The highest BCUT2D eigenvalue weighted by Crippen LogP contribution is 2.26. The molecule has 0 aliphatic heterocycles. The Bertz CT molecular complexity index is 445. The van der Waals surface area contributed by atoms with E-state index in [1.165, 1.54) is 18.2 Å². The first-order valence-corrected chi connectivity index (χ1v) is 6.06. The Morgan fingerprint density at radius 1 is 1.28 bits per heavy atom. The van der Waals surface area contributed by atoms with Crippen molar-refractivity contribution in [2.75, 3.05) is 7.11 Å². The second-order valence-corrected chi connectivity index (χ2v) is 4.63. The zero-order valence-corrected chi connectivity index (χ0v) is 10.6. The summed E-state index contributed by atoms with van der Waals surface area (Å²) in [4.78, 5) is 23.3. The maximum Gasteiger partial charge on any atom is 0.328 e. The van der Waals surface area contributed by atoms with Crippen LogP contribution in [0.3, 0.4) is 0 Å². The van der Waals surface area contributed by atoms with Gasteiger partial charge in [-0.3, -0.25) is 4.79 Å². The minimum atomic E-state index is -0.591. The molecule has 0 radical (unpaired) electrons. The fourth-order valence-corrected chi connectivity index (χ4v) is 2.31. The van der Waals surface area contributed by atoms with E-state index in [4.69, 9.17) is 0 Å². The lowest BCUT2D eigenvalue weighted by Gasteiger charge is -2.14. The van der Waals surface area contributed by atoms with E-state index in [2.05, 4.69) is 10.1 Å². The summed E-state index contributed by atoms with van der Waals surface area (Å²) in [6, 6.07) is 7.47. The van der Waals surface area contributed by atoms with Crippen molar-refractivity contribution in [1.82, 2.24) is 5.32 Å². The van der Waals surface area contributed by atoms with E-state index in [1.54, 1.807) is 6.92 Å². The maximum atomic E-state index is 12.0. The fourth-order valence-electron chi connectivity index (χ4n) is 2.31. The molecule has 0 aromatic heterocycles. The van der Waals surface area contributed by atoms with Gasteiger partial charge in [-0.05, 0) is 30.9 Å². The molecule has 0 saturated heterocycles. The summed E-state index contributed by atoms with van der Waals surface area (Å²) in [5.41, 5.74) is 2.45. The van der Waals surface area contributed by atoms with Crippen LogP contribution >= 0.6 is 0 Å². The Hall–Kier alpha value is -1.84. The van der Waals surface area contributed by atoms with Gasteiger partial charge in [0.05, 0.1) is 7.11 Å². The van der Waals surface area contributed by atoms with Crippen molar-refractivity contribution >= 4 is 11.9 Å². The molecule has 1 N–H and O–H groups in total. The van der Waals surface area contributed by atoms with Gasteiger partial charge in [0.2, 0.25) is 5.91 Å². The summed E-state index contributed by atoms with van der Waals surface area (Å²) in [5, 5.41) is 2.69. The lowest BCUT2D eigenvalue weighted by molar-refractivity contribution is -0.145. The van der Waals surface area contributed by atoms with Gasteiger partial charge < -0.3 is 10.1 Å². The smallest absolute Gasteiger partial charge is 0.328 e. The van der Waals surface area contributed by atoms with Crippen molar-refractivity contribution in [1.29, 1.82) is 0 Å². The van der Waals surface area contributed by atoms with Gasteiger partial charge in [0.15, 0.2) is 0 Å². The number of amides is 1. The lowest BCUT2D eigenvalue weighted by Crippen LogP contribution is -2.42. The second-order valence-electron chi connectivity index (χ2n) is 4.63. The van der Waals surface area contributed by atoms with E-state index in [0.29, 0.717) is 0 Å². The number of carbonyl (C=O) groups is 2. The first-order chi connectivity index (χ1) is 8.61. The lowest BCUT2D eigenvalue weighted by atomic mass is 10.1. The van der Waals surface area contributed by atoms with Crippen LogP contribution in [0, 0.1) is 5.92 Å². The van der Waals surface area contributed by atoms with Crippen LogP contribution < -0.4 is 5.32 Å². The summed E-state index contributed by atoms with van der Waals surface area (Å²) in [7, 11) is 1.32. The molecule has 96 valence electrons. The molecule has 2 rings (SSSR count). The second kappa shape index (κ2) is 5.21. The first kappa shape index (κ1) is 12.6. The third-order valence-corrected chi connectivity index (χ3v) is 3.34. The molecule has 0 saturated carbocycles. The molecule has 4 heteroatoms. The number of hydrogen-bond donors (Lipinski definition) is 1. The Balaban J connectivity index is 1.95. The van der Waals surface area contributed by atoms with Gasteiger partial charge in [-0.2, -0.15) is 0 Å². The maximum absolute atomic E-state index is 12.0. The number of nitrogens with one attached hydrogen (secondary N) is 1. The number of hydrogen-bond acceptors (Lipinski definition) is 3. The standard InChI is InChI=1S/C14H17NO3/c1-9(14(17)18-2)15-13(16)12-7-10-5-3-4-6-11(10)8-12/h3-6,9,12H,7-8H2,1-2H3,(H,15,16). The van der Waals surface area contributed by atoms with Crippen LogP contribution in [0.4, 0.5) is 0 Å². The van der Waals surface area contributed by atoms with Gasteiger partial charge in [-0.1, -0.05) is 24.3 Å². The van der Waals surface area contributed by atoms with Crippen LogP contribution in [0.25, 0.3) is 0 Å². The van der Waals surface area contributed by atoms with E-state index < -0.39 is 12.0 Å². The number of rotatable bonds is 3. The van der Waals surface area contributed by atoms with Crippen molar-refractivity contribution in [3.05, 3.63) is 35.4 Å². The topological polar surface area (TPSA) is 55.4 Å². The largest absolute Gasteiger partial charge is 0.467 e. The van der Waals surface area contributed by atoms with Gasteiger partial charge in [0.25, 0.3) is 0 Å². The first-order valence-electron chi connectivity index (χ1n) is 6.06. The summed E-state index contributed by atoms with van der Waals surface area (Å²) < 4.78 is 4.58. The quantitative estimate of drug-likeness (QED) is 0.813. The fraction of sp³-hybridized carbons (Fsp3) is 0.429. The average Bonchev–Trinajstić information content (AvgIpc) is 2.81. The van der Waals surface area contributed by atoms with Gasteiger partial charge in [0, 0.05) is 5.92 Å². The SMILES string of the molecule is COC(=O)C(C)NC(=O)C1Cc2ccccc2C1. The number of ether oxygens (including phenoxy) is 1. The molecule has 1 amide bonds. The number of esters is 1. The molecular formula is C14H17NO3. The highest BCUT2D eigenvalue weighted by molar-refractivity contribution is 5.86. The van der Waals surface area contributed by atoms with Crippen LogP contribution in [-0.4, -0.2) is 25.0 Å². The molecule has 0 heterocycles. The van der Waals surface area contributed by atoms with E-state index in [-0.39, 0.29) is 11.8 Å². The molecule has 1 unspecified atom stereocenters. The monoisotopic (exact) mass is 247 g/mol. The third-order valence-electron chi connectivity index (χ3n) is 3.34. The van der Waals surface area contributed by atoms with E-state index in [1.807, 2.05) is 24.3 Å². The van der Waals surface area contributed by atoms with E-state index in [0.717, 1.165) is 12.8 Å². The van der Waals surface area contributed by atoms with Crippen molar-refractivity contribution in [3.63, 3.8) is 0 Å². The number of benzene rings is 1. The van der Waals surface area contributed by atoms with Gasteiger partial charge in [-0.15, -0.1) is 0 Å². The molecule has 0 spiro atoms. The average molecular weight is 247 g/mol. The Morgan fingerprint density at radius 3 is 2.33 bits per heavy atom. The molecule has 0 bridgehead atoms.